The van der Waals surface area contributed by atoms with E-state index in [2.05, 4.69) is 27.7 Å². The fourth-order valence-electron chi connectivity index (χ4n) is 5.57. The Bertz CT molecular complexity index is 413. The topological polar surface area (TPSA) is 113 Å². The van der Waals surface area contributed by atoms with Crippen molar-refractivity contribution in [1.82, 2.24) is 0 Å². The van der Waals surface area contributed by atoms with Gasteiger partial charge in [-0.3, -0.25) is 0 Å². The standard InChI is InChI=1S/C20H42N4O/c1-5-15-13-19(21,22)11-9-17(15,7-3)25-18(8-4)10-12-20(23,24)14-16(18)6-2/h15-16H,5-14,21-24H2,1-4H3. The second kappa shape index (κ2) is 7.43. The molecule has 2 fully saturated rings. The van der Waals surface area contributed by atoms with Crippen molar-refractivity contribution in [2.45, 2.75) is 114 Å². The Morgan fingerprint density at radius 3 is 1.32 bits per heavy atom. The van der Waals surface area contributed by atoms with Crippen molar-refractivity contribution in [2.75, 3.05) is 0 Å². The molecule has 2 aliphatic rings. The number of rotatable bonds is 6. The third-order valence-corrected chi connectivity index (χ3v) is 7.36. The van der Waals surface area contributed by atoms with E-state index in [1.54, 1.807) is 0 Å². The van der Waals surface area contributed by atoms with Gasteiger partial charge in [0.1, 0.15) is 0 Å². The second-order valence-corrected chi connectivity index (χ2v) is 9.02. The molecule has 4 unspecified atom stereocenters. The summed E-state index contributed by atoms with van der Waals surface area (Å²) in [7, 11) is 0. The van der Waals surface area contributed by atoms with Crippen LogP contribution in [-0.4, -0.2) is 22.5 Å². The highest BCUT2D eigenvalue weighted by Gasteiger charge is 2.53. The number of ether oxygens (including phenoxy) is 1. The van der Waals surface area contributed by atoms with Gasteiger partial charge in [0, 0.05) is 0 Å². The molecule has 0 amide bonds. The molecule has 2 saturated carbocycles. The third kappa shape index (κ3) is 4.22. The molecule has 0 aromatic carbocycles. The molecule has 5 heteroatoms. The molecule has 0 heterocycles. The van der Waals surface area contributed by atoms with Crippen molar-refractivity contribution in [3.63, 3.8) is 0 Å². The monoisotopic (exact) mass is 354 g/mol. The summed E-state index contributed by atoms with van der Waals surface area (Å²) in [6.07, 6.45) is 9.35. The van der Waals surface area contributed by atoms with Crippen LogP contribution in [0, 0.1) is 11.8 Å². The molecule has 25 heavy (non-hydrogen) atoms. The van der Waals surface area contributed by atoms with E-state index in [1.807, 2.05) is 0 Å². The van der Waals surface area contributed by atoms with Crippen LogP contribution in [0.1, 0.15) is 91.9 Å². The molecule has 5 nitrogen and oxygen atoms in total. The largest absolute Gasteiger partial charge is 0.368 e. The highest BCUT2D eigenvalue weighted by atomic mass is 16.5. The molecule has 4 atom stereocenters. The van der Waals surface area contributed by atoms with Crippen LogP contribution in [0.2, 0.25) is 0 Å². The van der Waals surface area contributed by atoms with Crippen LogP contribution >= 0.6 is 0 Å². The molecule has 0 bridgehead atoms. The van der Waals surface area contributed by atoms with Crippen LogP contribution in [0.15, 0.2) is 0 Å². The Hall–Kier alpha value is -0.200. The summed E-state index contributed by atoms with van der Waals surface area (Å²) >= 11 is 0. The highest BCUT2D eigenvalue weighted by molar-refractivity contribution is 5.05. The third-order valence-electron chi connectivity index (χ3n) is 7.36. The van der Waals surface area contributed by atoms with Gasteiger partial charge in [0.2, 0.25) is 0 Å². The Morgan fingerprint density at radius 1 is 0.680 bits per heavy atom. The average Bonchev–Trinajstić information content (AvgIpc) is 2.57. The first-order chi connectivity index (χ1) is 11.6. The van der Waals surface area contributed by atoms with Crippen LogP contribution in [-0.2, 0) is 4.74 Å². The van der Waals surface area contributed by atoms with Gasteiger partial charge in [-0.1, -0.05) is 40.5 Å². The lowest BCUT2D eigenvalue weighted by Gasteiger charge is -2.57. The van der Waals surface area contributed by atoms with Crippen LogP contribution in [0.4, 0.5) is 0 Å². The summed E-state index contributed by atoms with van der Waals surface area (Å²) in [5, 5.41) is 0. The summed E-state index contributed by atoms with van der Waals surface area (Å²) < 4.78 is 7.18. The summed E-state index contributed by atoms with van der Waals surface area (Å²) in [5.41, 5.74) is 23.8. The first-order valence-electron chi connectivity index (χ1n) is 10.4. The first kappa shape index (κ1) is 21.1. The van der Waals surface area contributed by atoms with Crippen molar-refractivity contribution in [2.24, 2.45) is 34.8 Å². The molecule has 0 aromatic rings. The van der Waals surface area contributed by atoms with Crippen molar-refractivity contribution in [3.8, 4) is 0 Å². The Morgan fingerprint density at radius 2 is 1.04 bits per heavy atom. The Labute approximate surface area is 154 Å². The van der Waals surface area contributed by atoms with Crippen LogP contribution in [0.25, 0.3) is 0 Å². The Kier molecular flexibility index (Phi) is 6.27. The smallest absolute Gasteiger partial charge is 0.0717 e. The molecule has 0 saturated heterocycles. The second-order valence-electron chi connectivity index (χ2n) is 9.02. The van der Waals surface area contributed by atoms with E-state index in [0.717, 1.165) is 64.2 Å². The molecule has 8 N–H and O–H groups in total. The molecule has 148 valence electrons. The fraction of sp³-hybridized carbons (Fsp3) is 1.00. The van der Waals surface area contributed by atoms with Gasteiger partial charge in [0.15, 0.2) is 0 Å². The van der Waals surface area contributed by atoms with E-state index >= 15 is 0 Å². The van der Waals surface area contributed by atoms with E-state index in [4.69, 9.17) is 27.7 Å². The summed E-state index contributed by atoms with van der Waals surface area (Å²) in [6, 6.07) is 0. The maximum atomic E-state index is 7.18. The highest BCUT2D eigenvalue weighted by Crippen LogP contribution is 2.51. The van der Waals surface area contributed by atoms with Gasteiger partial charge >= 0.3 is 0 Å². The number of hydrogen-bond donors (Lipinski definition) is 4. The predicted octanol–water partition coefficient (Wildman–Crippen LogP) is 2.95. The van der Waals surface area contributed by atoms with E-state index in [9.17, 15) is 0 Å². The number of hydrogen-bond acceptors (Lipinski definition) is 5. The lowest BCUT2D eigenvalue weighted by Crippen LogP contribution is -2.64. The molecule has 0 aromatic heterocycles. The molecule has 2 aliphatic carbocycles. The van der Waals surface area contributed by atoms with Gasteiger partial charge in [-0.25, -0.2) is 0 Å². The quantitative estimate of drug-likeness (QED) is 0.548. The minimum absolute atomic E-state index is 0.121. The minimum Gasteiger partial charge on any atom is -0.368 e. The summed E-state index contributed by atoms with van der Waals surface area (Å²) in [4.78, 5) is 0. The SMILES string of the molecule is CCC1CC(N)(N)CCC1(CC)OC1(CC)CCC(N)(N)CC1CC. The fourth-order valence-corrected chi connectivity index (χ4v) is 5.57. The van der Waals surface area contributed by atoms with E-state index in [-0.39, 0.29) is 11.2 Å². The molecule has 0 aliphatic heterocycles. The van der Waals surface area contributed by atoms with Crippen molar-refractivity contribution in [3.05, 3.63) is 0 Å². The van der Waals surface area contributed by atoms with E-state index < -0.39 is 11.3 Å². The van der Waals surface area contributed by atoms with Gasteiger partial charge in [0.25, 0.3) is 0 Å². The van der Waals surface area contributed by atoms with Crippen molar-refractivity contribution < 1.29 is 4.74 Å². The predicted molar refractivity (Wildman–Crippen MR) is 105 cm³/mol. The average molecular weight is 355 g/mol. The molecular weight excluding hydrogens is 312 g/mol. The molecular formula is C20H42N4O. The van der Waals surface area contributed by atoms with E-state index in [0.29, 0.717) is 11.8 Å². The van der Waals surface area contributed by atoms with Crippen LogP contribution in [0.5, 0.6) is 0 Å². The van der Waals surface area contributed by atoms with Gasteiger partial charge in [-0.05, 0) is 63.2 Å². The number of nitrogens with two attached hydrogens (primary N) is 4. The molecule has 0 spiro atoms. The minimum atomic E-state index is -0.553. The maximum Gasteiger partial charge on any atom is 0.0717 e. The van der Waals surface area contributed by atoms with Gasteiger partial charge in [0.05, 0.1) is 22.5 Å². The van der Waals surface area contributed by atoms with Gasteiger partial charge in [-0.15, -0.1) is 0 Å². The molecule has 0 radical (unpaired) electrons. The normalized spacial score (nSPS) is 40.8. The Balaban J connectivity index is 2.31. The lowest BCUT2D eigenvalue weighted by molar-refractivity contribution is -0.239. The first-order valence-corrected chi connectivity index (χ1v) is 10.4. The zero-order valence-corrected chi connectivity index (χ0v) is 16.9. The summed E-state index contributed by atoms with van der Waals surface area (Å²) in [5.74, 6) is 0.814. The summed E-state index contributed by atoms with van der Waals surface area (Å²) in [6.45, 7) is 8.99. The van der Waals surface area contributed by atoms with Crippen molar-refractivity contribution in [1.29, 1.82) is 0 Å². The van der Waals surface area contributed by atoms with Crippen molar-refractivity contribution >= 4 is 0 Å². The lowest BCUT2D eigenvalue weighted by atomic mass is 9.65. The zero-order valence-electron chi connectivity index (χ0n) is 16.9. The van der Waals surface area contributed by atoms with Gasteiger partial charge in [-0.2, -0.15) is 0 Å². The van der Waals surface area contributed by atoms with Gasteiger partial charge < -0.3 is 27.7 Å². The van der Waals surface area contributed by atoms with Crippen LogP contribution in [0.3, 0.4) is 0 Å². The zero-order chi connectivity index (χ0) is 18.9. The maximum absolute atomic E-state index is 7.18. The van der Waals surface area contributed by atoms with E-state index in [1.165, 1.54) is 0 Å². The molecule has 2 rings (SSSR count). The van der Waals surface area contributed by atoms with Crippen LogP contribution < -0.4 is 22.9 Å².